The minimum Gasteiger partial charge on any atom is -0.480 e. The van der Waals surface area contributed by atoms with Crippen LogP contribution in [0.1, 0.15) is 34.8 Å². The first kappa shape index (κ1) is 21.7. The van der Waals surface area contributed by atoms with Gasteiger partial charge in [-0.1, -0.05) is 83.3 Å². The molecule has 0 bridgehead atoms. The monoisotopic (exact) mass is 473 g/mol. The van der Waals surface area contributed by atoms with Crippen molar-refractivity contribution in [1.29, 1.82) is 0 Å². The molecule has 7 heteroatoms. The Morgan fingerprint density at radius 3 is 2.06 bits per heavy atom. The Kier molecular flexibility index (Phi) is 6.24. The minimum atomic E-state index is -1.05. The maximum atomic E-state index is 13.5. The Hall–Kier alpha value is -2.53. The Bertz CT molecular complexity index is 1130. The highest BCUT2D eigenvalue weighted by Crippen LogP contribution is 2.42. The highest BCUT2D eigenvalue weighted by molar-refractivity contribution is 6.39. The van der Waals surface area contributed by atoms with Gasteiger partial charge in [-0.2, -0.15) is 0 Å². The van der Waals surface area contributed by atoms with Crippen LogP contribution in [-0.4, -0.2) is 27.9 Å². The lowest BCUT2D eigenvalue weighted by molar-refractivity contribution is -0.141. The lowest BCUT2D eigenvalue weighted by atomic mass is 10.0. The summed E-state index contributed by atoms with van der Waals surface area (Å²) in [4.78, 5) is 26.8. The molecule has 0 spiro atoms. The van der Waals surface area contributed by atoms with Crippen LogP contribution in [0.4, 0.5) is 0 Å². The molecule has 1 saturated heterocycles. The van der Waals surface area contributed by atoms with Gasteiger partial charge in [-0.05, 0) is 42.2 Å². The molecule has 4 nitrogen and oxygen atoms in total. The number of halogens is 3. The Balaban J connectivity index is 1.75. The molecular formula is C24H18Cl3NO3. The van der Waals surface area contributed by atoms with Gasteiger partial charge in [0.2, 0.25) is 0 Å². The summed E-state index contributed by atoms with van der Waals surface area (Å²) in [5.41, 5.74) is 2.41. The van der Waals surface area contributed by atoms with E-state index in [9.17, 15) is 14.7 Å². The number of amides is 1. The second-order valence-electron chi connectivity index (χ2n) is 7.36. The van der Waals surface area contributed by atoms with Crippen LogP contribution < -0.4 is 0 Å². The highest BCUT2D eigenvalue weighted by atomic mass is 35.5. The summed E-state index contributed by atoms with van der Waals surface area (Å²) < 4.78 is 0. The normalized spacial score (nSPS) is 18.2. The molecule has 2 atom stereocenters. The van der Waals surface area contributed by atoms with Gasteiger partial charge in [0.1, 0.15) is 6.04 Å². The molecule has 1 amide bonds. The molecule has 0 saturated carbocycles. The number of nitrogens with zero attached hydrogens (tertiary/aromatic N) is 1. The zero-order chi connectivity index (χ0) is 22.1. The van der Waals surface area contributed by atoms with Gasteiger partial charge in [-0.3, -0.25) is 4.79 Å². The number of aliphatic carboxylic acids is 1. The second-order valence-corrected chi connectivity index (χ2v) is 8.58. The number of benzene rings is 3. The van der Waals surface area contributed by atoms with Crippen LogP contribution >= 0.6 is 34.8 Å². The molecular weight excluding hydrogens is 457 g/mol. The predicted octanol–water partition coefficient (Wildman–Crippen LogP) is 6.74. The van der Waals surface area contributed by atoms with Gasteiger partial charge in [0.15, 0.2) is 0 Å². The number of hydrogen-bond acceptors (Lipinski definition) is 2. The van der Waals surface area contributed by atoms with Crippen molar-refractivity contribution in [3.63, 3.8) is 0 Å². The zero-order valence-electron chi connectivity index (χ0n) is 16.3. The van der Waals surface area contributed by atoms with Crippen LogP contribution in [0.25, 0.3) is 11.1 Å². The molecule has 0 aliphatic carbocycles. The fraction of sp³-hybridized carbons (Fsp3) is 0.167. The van der Waals surface area contributed by atoms with Gasteiger partial charge in [-0.15, -0.1) is 0 Å². The smallest absolute Gasteiger partial charge is 0.326 e. The molecule has 1 fully saturated rings. The third kappa shape index (κ3) is 4.16. The largest absolute Gasteiger partial charge is 0.480 e. The summed E-state index contributed by atoms with van der Waals surface area (Å²) >= 11 is 19.4. The van der Waals surface area contributed by atoms with Crippen LogP contribution in [0.5, 0.6) is 0 Å². The maximum absolute atomic E-state index is 13.5. The summed E-state index contributed by atoms with van der Waals surface area (Å²) in [6.45, 7) is 0. The van der Waals surface area contributed by atoms with Crippen molar-refractivity contribution in [2.75, 3.05) is 0 Å². The third-order valence-corrected chi connectivity index (χ3v) is 6.46. The standard InChI is InChI=1S/C24H18Cl3NO3/c25-17-9-5-4-8-16(17)20-10-11-21(24(30)31)28(20)23(29)15-12-18(26)22(19(27)13-15)14-6-2-1-3-7-14/h1-9,12-13,20-21H,10-11H2,(H,30,31)/t20-,21+/m1/s1. The van der Waals surface area contributed by atoms with Gasteiger partial charge >= 0.3 is 5.97 Å². The first-order valence-corrected chi connectivity index (χ1v) is 10.9. The Morgan fingerprint density at radius 1 is 0.839 bits per heavy atom. The van der Waals surface area contributed by atoms with E-state index < -0.39 is 24.0 Å². The number of hydrogen-bond donors (Lipinski definition) is 1. The van der Waals surface area contributed by atoms with E-state index >= 15 is 0 Å². The fourth-order valence-corrected chi connectivity index (χ4v) is 5.08. The van der Waals surface area contributed by atoms with E-state index in [1.165, 1.54) is 4.90 Å². The van der Waals surface area contributed by atoms with E-state index in [-0.39, 0.29) is 5.56 Å². The van der Waals surface area contributed by atoms with Crippen molar-refractivity contribution in [1.82, 2.24) is 4.90 Å². The number of likely N-dealkylation sites (tertiary alicyclic amines) is 1. The van der Waals surface area contributed by atoms with Crippen LogP contribution in [0.15, 0.2) is 66.7 Å². The lowest BCUT2D eigenvalue weighted by Crippen LogP contribution is -2.41. The first-order chi connectivity index (χ1) is 14.9. The van der Waals surface area contributed by atoms with Crippen LogP contribution in [0.3, 0.4) is 0 Å². The Morgan fingerprint density at radius 2 is 1.45 bits per heavy atom. The number of carboxylic acid groups (broad SMARTS) is 1. The Labute approximate surface area is 195 Å². The van der Waals surface area contributed by atoms with Gasteiger partial charge in [0, 0.05) is 16.1 Å². The minimum absolute atomic E-state index is 0.236. The van der Waals surface area contributed by atoms with E-state index in [2.05, 4.69) is 0 Å². The molecule has 1 N–H and O–H groups in total. The topological polar surface area (TPSA) is 57.6 Å². The quantitative estimate of drug-likeness (QED) is 0.455. The summed E-state index contributed by atoms with van der Waals surface area (Å²) in [6, 6.07) is 18.2. The van der Waals surface area contributed by atoms with Crippen molar-refractivity contribution in [3.8, 4) is 11.1 Å². The molecule has 3 aromatic rings. The lowest BCUT2D eigenvalue weighted by Gasteiger charge is -2.29. The van der Waals surface area contributed by atoms with Crippen LogP contribution in [-0.2, 0) is 4.79 Å². The van der Waals surface area contributed by atoms with Crippen molar-refractivity contribution in [2.45, 2.75) is 24.9 Å². The van der Waals surface area contributed by atoms with Crippen molar-refractivity contribution in [2.24, 2.45) is 0 Å². The summed E-state index contributed by atoms with van der Waals surface area (Å²) in [5.74, 6) is -1.50. The number of carboxylic acids is 1. The van der Waals surface area contributed by atoms with Gasteiger partial charge in [0.25, 0.3) is 5.91 Å². The highest BCUT2D eigenvalue weighted by Gasteiger charge is 2.42. The average Bonchev–Trinajstić information content (AvgIpc) is 3.19. The van der Waals surface area contributed by atoms with E-state index in [4.69, 9.17) is 34.8 Å². The van der Waals surface area contributed by atoms with E-state index in [1.54, 1.807) is 24.3 Å². The SMILES string of the molecule is O=C(O)[C@@H]1CC[C@H](c2ccccc2Cl)N1C(=O)c1cc(Cl)c(-c2ccccc2)c(Cl)c1. The van der Waals surface area contributed by atoms with Crippen LogP contribution in [0, 0.1) is 0 Å². The second kappa shape index (κ2) is 8.91. The molecule has 4 rings (SSSR count). The first-order valence-electron chi connectivity index (χ1n) is 9.73. The van der Waals surface area contributed by atoms with E-state index in [0.29, 0.717) is 33.5 Å². The van der Waals surface area contributed by atoms with Crippen molar-refractivity contribution in [3.05, 3.63) is 92.9 Å². The number of carbonyl (C=O) groups is 2. The third-order valence-electron chi connectivity index (χ3n) is 5.52. The summed E-state index contributed by atoms with van der Waals surface area (Å²) in [5, 5.41) is 10.9. The molecule has 31 heavy (non-hydrogen) atoms. The molecule has 0 unspecified atom stereocenters. The van der Waals surface area contributed by atoms with Crippen molar-refractivity contribution < 1.29 is 14.7 Å². The fourth-order valence-electron chi connectivity index (χ4n) is 4.11. The zero-order valence-corrected chi connectivity index (χ0v) is 18.5. The van der Waals surface area contributed by atoms with Crippen LogP contribution in [0.2, 0.25) is 15.1 Å². The summed E-state index contributed by atoms with van der Waals surface area (Å²) in [7, 11) is 0. The van der Waals surface area contributed by atoms with Gasteiger partial charge in [-0.25, -0.2) is 4.79 Å². The number of rotatable bonds is 4. The maximum Gasteiger partial charge on any atom is 0.326 e. The molecule has 1 aliphatic heterocycles. The predicted molar refractivity (Wildman–Crippen MR) is 123 cm³/mol. The molecule has 0 aromatic heterocycles. The molecule has 3 aromatic carbocycles. The average molecular weight is 475 g/mol. The molecule has 1 heterocycles. The summed E-state index contributed by atoms with van der Waals surface area (Å²) in [6.07, 6.45) is 0.830. The molecule has 158 valence electrons. The van der Waals surface area contributed by atoms with Gasteiger partial charge in [0.05, 0.1) is 16.1 Å². The molecule has 1 aliphatic rings. The van der Waals surface area contributed by atoms with E-state index in [0.717, 1.165) is 11.1 Å². The number of carbonyl (C=O) groups excluding carboxylic acids is 1. The van der Waals surface area contributed by atoms with E-state index in [1.807, 2.05) is 42.5 Å². The van der Waals surface area contributed by atoms with Crippen molar-refractivity contribution >= 4 is 46.7 Å². The van der Waals surface area contributed by atoms with Gasteiger partial charge < -0.3 is 10.0 Å². The molecule has 0 radical (unpaired) electrons.